The first-order valence-electron chi connectivity index (χ1n) is 7.45. The normalized spacial score (nSPS) is 15.4. The molecule has 126 valence electrons. The third-order valence-corrected chi connectivity index (χ3v) is 3.96. The number of rotatable bonds is 3. The van der Waals surface area contributed by atoms with Crippen molar-refractivity contribution >= 4 is 12.0 Å². The fourth-order valence-electron chi connectivity index (χ4n) is 2.55. The van der Waals surface area contributed by atoms with Gasteiger partial charge >= 0.3 is 5.92 Å². The molecule has 8 heteroatoms. The standard InChI is InChI=1S/C16H16F2N4O2/c17-16(18,12-4-2-1-3-5-12)13-10-19-14(20-11-13)21-6-8-22(9-7-21)15(23)24/h1-5,10-11H,6-9H2,(H,23,24)/p-1. The number of aromatic nitrogens is 2. The number of nitrogens with zero attached hydrogens (tertiary/aromatic N) is 4. The number of alkyl halides is 2. The summed E-state index contributed by atoms with van der Waals surface area (Å²) >= 11 is 0. The molecule has 6 nitrogen and oxygen atoms in total. The second-order valence-electron chi connectivity index (χ2n) is 5.45. The van der Waals surface area contributed by atoms with Crippen LogP contribution >= 0.6 is 0 Å². The lowest BCUT2D eigenvalue weighted by Crippen LogP contribution is -2.53. The van der Waals surface area contributed by atoms with E-state index in [1.54, 1.807) is 23.1 Å². The van der Waals surface area contributed by atoms with Crippen molar-refractivity contribution in [3.8, 4) is 0 Å². The molecule has 1 aliphatic heterocycles. The molecule has 1 aromatic heterocycles. The first kappa shape index (κ1) is 16.1. The maximum Gasteiger partial charge on any atom is 0.301 e. The Hall–Kier alpha value is -2.77. The summed E-state index contributed by atoms with van der Waals surface area (Å²) in [6, 6.07) is 7.48. The molecule has 0 atom stereocenters. The van der Waals surface area contributed by atoms with Gasteiger partial charge in [-0.15, -0.1) is 0 Å². The van der Waals surface area contributed by atoms with Gasteiger partial charge in [0, 0.05) is 44.1 Å². The molecule has 3 rings (SSSR count). The molecule has 0 unspecified atom stereocenters. The van der Waals surface area contributed by atoms with E-state index in [0.717, 1.165) is 12.4 Å². The highest BCUT2D eigenvalue weighted by molar-refractivity contribution is 5.63. The molecule has 0 spiro atoms. The number of benzene rings is 1. The SMILES string of the molecule is O=C([O-])N1CCN(c2ncc(C(F)(F)c3ccccc3)cn2)CC1. The Morgan fingerprint density at radius 1 is 1.00 bits per heavy atom. The van der Waals surface area contributed by atoms with Gasteiger partial charge in [-0.05, 0) is 0 Å². The first-order valence-corrected chi connectivity index (χ1v) is 7.45. The van der Waals surface area contributed by atoms with E-state index in [2.05, 4.69) is 9.97 Å². The lowest BCUT2D eigenvalue weighted by molar-refractivity contribution is -0.265. The summed E-state index contributed by atoms with van der Waals surface area (Å²) in [7, 11) is 0. The van der Waals surface area contributed by atoms with Crippen LogP contribution in [-0.2, 0) is 5.92 Å². The minimum Gasteiger partial charge on any atom is -0.530 e. The van der Waals surface area contributed by atoms with Crippen LogP contribution in [0.5, 0.6) is 0 Å². The maximum atomic E-state index is 14.4. The maximum absolute atomic E-state index is 14.4. The van der Waals surface area contributed by atoms with Crippen LogP contribution in [0.1, 0.15) is 11.1 Å². The van der Waals surface area contributed by atoms with Gasteiger partial charge in [0.25, 0.3) is 0 Å². The molecule has 1 fully saturated rings. The number of piperazine rings is 1. The van der Waals surface area contributed by atoms with Crippen molar-refractivity contribution in [1.29, 1.82) is 0 Å². The van der Waals surface area contributed by atoms with Crippen molar-refractivity contribution < 1.29 is 18.7 Å². The van der Waals surface area contributed by atoms with Crippen molar-refractivity contribution in [3.05, 3.63) is 53.9 Å². The smallest absolute Gasteiger partial charge is 0.301 e. The van der Waals surface area contributed by atoms with Gasteiger partial charge < -0.3 is 19.7 Å². The fraction of sp³-hybridized carbons (Fsp3) is 0.312. The van der Waals surface area contributed by atoms with Gasteiger partial charge in [0.2, 0.25) is 5.95 Å². The minimum atomic E-state index is -3.17. The molecular formula is C16H15F2N4O2-. The van der Waals surface area contributed by atoms with E-state index < -0.39 is 12.0 Å². The second-order valence-corrected chi connectivity index (χ2v) is 5.45. The van der Waals surface area contributed by atoms with Crippen molar-refractivity contribution in [1.82, 2.24) is 14.9 Å². The molecule has 1 amide bonds. The van der Waals surface area contributed by atoms with Gasteiger partial charge in [-0.1, -0.05) is 30.3 Å². The summed E-state index contributed by atoms with van der Waals surface area (Å²) in [4.78, 5) is 21.7. The van der Waals surface area contributed by atoms with Gasteiger partial charge in [0.15, 0.2) is 0 Å². The molecule has 0 radical (unpaired) electrons. The van der Waals surface area contributed by atoms with Crippen molar-refractivity contribution in [2.45, 2.75) is 5.92 Å². The molecule has 24 heavy (non-hydrogen) atoms. The lowest BCUT2D eigenvalue weighted by atomic mass is 10.0. The summed E-state index contributed by atoms with van der Waals surface area (Å²) < 4.78 is 28.9. The number of anilines is 1. The van der Waals surface area contributed by atoms with Crippen molar-refractivity contribution in [2.24, 2.45) is 0 Å². The highest BCUT2D eigenvalue weighted by atomic mass is 19.3. The molecule has 0 bridgehead atoms. The monoisotopic (exact) mass is 333 g/mol. The summed E-state index contributed by atoms with van der Waals surface area (Å²) in [6.45, 7) is 1.33. The van der Waals surface area contributed by atoms with Gasteiger partial charge in [0.05, 0.1) is 5.56 Å². The zero-order valence-electron chi connectivity index (χ0n) is 12.7. The Kier molecular flexibility index (Phi) is 4.28. The molecule has 1 aromatic carbocycles. The second kappa shape index (κ2) is 6.38. The Labute approximate surface area is 137 Å². The van der Waals surface area contributed by atoms with Crippen LogP contribution in [0.25, 0.3) is 0 Å². The Bertz CT molecular complexity index is 702. The summed E-state index contributed by atoms with van der Waals surface area (Å²) in [5.41, 5.74) is -0.408. The highest BCUT2D eigenvalue weighted by Crippen LogP contribution is 2.34. The van der Waals surface area contributed by atoms with Crippen molar-refractivity contribution in [2.75, 3.05) is 31.1 Å². The zero-order valence-corrected chi connectivity index (χ0v) is 12.7. The van der Waals surface area contributed by atoms with Gasteiger partial charge in [-0.2, -0.15) is 8.78 Å². The highest BCUT2D eigenvalue weighted by Gasteiger charge is 2.34. The molecular weight excluding hydrogens is 318 g/mol. The van der Waals surface area contributed by atoms with E-state index in [-0.39, 0.29) is 24.2 Å². The van der Waals surface area contributed by atoms with Gasteiger partial charge in [-0.25, -0.2) is 9.97 Å². The van der Waals surface area contributed by atoms with Crippen LogP contribution in [0.15, 0.2) is 42.7 Å². The molecule has 1 saturated heterocycles. The lowest BCUT2D eigenvalue weighted by Gasteiger charge is -2.36. The van der Waals surface area contributed by atoms with E-state index >= 15 is 0 Å². The summed E-state index contributed by atoms with van der Waals surface area (Å²) in [6.07, 6.45) is 1.01. The third-order valence-electron chi connectivity index (χ3n) is 3.96. The van der Waals surface area contributed by atoms with Crippen LogP contribution in [-0.4, -0.2) is 47.1 Å². The van der Waals surface area contributed by atoms with Crippen LogP contribution in [0.4, 0.5) is 19.5 Å². The average Bonchev–Trinajstić information content (AvgIpc) is 2.62. The number of halogens is 2. The van der Waals surface area contributed by atoms with E-state index in [4.69, 9.17) is 0 Å². The predicted octanol–water partition coefficient (Wildman–Crippen LogP) is 1.08. The quantitative estimate of drug-likeness (QED) is 0.840. The Morgan fingerprint density at radius 3 is 2.12 bits per heavy atom. The van der Waals surface area contributed by atoms with E-state index in [1.807, 2.05) is 0 Å². The van der Waals surface area contributed by atoms with E-state index in [0.29, 0.717) is 19.0 Å². The molecule has 1 aliphatic rings. The fourth-order valence-corrected chi connectivity index (χ4v) is 2.55. The molecule has 0 aliphatic carbocycles. The zero-order chi connectivity index (χ0) is 17.2. The topological polar surface area (TPSA) is 72.4 Å². The Morgan fingerprint density at radius 2 is 1.58 bits per heavy atom. The van der Waals surface area contributed by atoms with Crippen molar-refractivity contribution in [3.63, 3.8) is 0 Å². The number of amides is 1. The molecule has 0 N–H and O–H groups in total. The Balaban J connectivity index is 1.73. The first-order chi connectivity index (χ1) is 11.5. The largest absolute Gasteiger partial charge is 0.530 e. The predicted molar refractivity (Wildman–Crippen MR) is 80.7 cm³/mol. The van der Waals surface area contributed by atoms with E-state index in [9.17, 15) is 18.7 Å². The van der Waals surface area contributed by atoms with Crippen LogP contribution < -0.4 is 10.0 Å². The average molecular weight is 333 g/mol. The third kappa shape index (κ3) is 3.12. The number of carboxylic acid groups (broad SMARTS) is 1. The summed E-state index contributed by atoms with van der Waals surface area (Å²) in [5, 5.41) is 10.8. The van der Waals surface area contributed by atoms with Crippen LogP contribution in [0, 0.1) is 0 Å². The summed E-state index contributed by atoms with van der Waals surface area (Å²) in [5.74, 6) is -2.87. The van der Waals surface area contributed by atoms with E-state index in [1.165, 1.54) is 17.0 Å². The minimum absolute atomic E-state index is 0.121. The van der Waals surface area contributed by atoms with Crippen LogP contribution in [0.2, 0.25) is 0 Å². The molecule has 2 aromatic rings. The molecule has 0 saturated carbocycles. The number of carbonyl (C=O) groups excluding carboxylic acids is 1. The molecule has 2 heterocycles. The van der Waals surface area contributed by atoms with Crippen LogP contribution in [0.3, 0.4) is 0 Å². The van der Waals surface area contributed by atoms with Gasteiger partial charge in [0.1, 0.15) is 6.09 Å². The number of carbonyl (C=O) groups is 1. The number of hydrogen-bond donors (Lipinski definition) is 0. The van der Waals surface area contributed by atoms with Gasteiger partial charge in [-0.3, -0.25) is 0 Å². The number of hydrogen-bond acceptors (Lipinski definition) is 5.